The summed E-state index contributed by atoms with van der Waals surface area (Å²) < 4.78 is 29.6. The molecular formula is C11H17BrF2O2. The van der Waals surface area contributed by atoms with Crippen molar-refractivity contribution in [3.8, 4) is 0 Å². The zero-order valence-corrected chi connectivity index (χ0v) is 11.1. The molecule has 0 aliphatic heterocycles. The maximum atomic E-state index is 12.5. The fraction of sp³-hybridized carbons (Fsp3) is 0.727. The number of allylic oxidation sites excluding steroid dienone is 1. The summed E-state index contributed by atoms with van der Waals surface area (Å²) in [7, 11) is 0. The molecule has 0 heterocycles. The maximum absolute atomic E-state index is 12.5. The van der Waals surface area contributed by atoms with Crippen LogP contribution in [-0.2, 0) is 9.53 Å². The van der Waals surface area contributed by atoms with Gasteiger partial charge in [0, 0.05) is 0 Å². The van der Waals surface area contributed by atoms with Crippen molar-refractivity contribution < 1.29 is 18.3 Å². The summed E-state index contributed by atoms with van der Waals surface area (Å²) in [5.74, 6) is -0.587. The summed E-state index contributed by atoms with van der Waals surface area (Å²) in [6, 6.07) is 0. The molecule has 0 aromatic carbocycles. The second kappa shape index (κ2) is 6.33. The van der Waals surface area contributed by atoms with Crippen LogP contribution in [0.2, 0.25) is 0 Å². The highest BCUT2D eigenvalue weighted by Gasteiger charge is 2.37. The molecule has 0 bridgehead atoms. The largest absolute Gasteiger partial charge is 0.458 e. The Morgan fingerprint density at radius 1 is 1.44 bits per heavy atom. The predicted molar refractivity (Wildman–Crippen MR) is 62.7 cm³/mol. The van der Waals surface area contributed by atoms with E-state index in [9.17, 15) is 13.6 Å². The smallest absolute Gasteiger partial charge is 0.334 e. The van der Waals surface area contributed by atoms with E-state index in [1.54, 1.807) is 6.08 Å². The van der Waals surface area contributed by atoms with Gasteiger partial charge in [-0.05, 0) is 35.2 Å². The molecule has 2 nitrogen and oxygen atoms in total. The minimum atomic E-state index is -3.16. The molecule has 94 valence electrons. The van der Waals surface area contributed by atoms with Gasteiger partial charge in [-0.1, -0.05) is 19.9 Å². The Kier molecular flexibility index (Phi) is 6.15. The Balaban J connectivity index is 4.56. The van der Waals surface area contributed by atoms with Crippen LogP contribution in [0, 0.1) is 5.41 Å². The summed E-state index contributed by atoms with van der Waals surface area (Å²) in [6.07, 6.45) is 3.14. The first-order valence-electron chi connectivity index (χ1n) is 5.16. The van der Waals surface area contributed by atoms with E-state index in [1.807, 2.05) is 13.8 Å². The van der Waals surface area contributed by atoms with E-state index < -0.39 is 22.8 Å². The van der Waals surface area contributed by atoms with Crippen LogP contribution in [0.1, 0.15) is 33.1 Å². The van der Waals surface area contributed by atoms with Crippen LogP contribution in [0.15, 0.2) is 12.7 Å². The van der Waals surface area contributed by atoms with Gasteiger partial charge in [-0.15, -0.1) is 6.58 Å². The summed E-state index contributed by atoms with van der Waals surface area (Å²) in [4.78, 5) is 8.58. The Bertz CT molecular complexity index is 245. The number of carbonyl (C=O) groups excluding carboxylic acids is 1. The fourth-order valence-electron chi connectivity index (χ4n) is 1.49. The first-order chi connectivity index (χ1) is 7.31. The lowest BCUT2D eigenvalue weighted by molar-refractivity contribution is -0.161. The van der Waals surface area contributed by atoms with E-state index >= 15 is 0 Å². The predicted octanol–water partition coefficient (Wildman–Crippen LogP) is 3.90. The van der Waals surface area contributed by atoms with Gasteiger partial charge in [-0.2, -0.15) is 8.78 Å². The zero-order chi connectivity index (χ0) is 12.8. The Hall–Kier alpha value is -0.450. The molecule has 16 heavy (non-hydrogen) atoms. The molecule has 0 radical (unpaired) electrons. The summed E-state index contributed by atoms with van der Waals surface area (Å²) in [6.45, 7) is 6.30. The Morgan fingerprint density at radius 2 is 1.94 bits per heavy atom. The molecule has 5 heteroatoms. The highest BCUT2D eigenvalue weighted by Crippen LogP contribution is 2.33. The van der Waals surface area contributed by atoms with Gasteiger partial charge in [0.15, 0.2) is 6.61 Å². The molecule has 0 saturated heterocycles. The molecule has 0 rings (SSSR count). The molecular weight excluding hydrogens is 282 g/mol. The number of rotatable bonds is 7. The lowest BCUT2D eigenvalue weighted by atomic mass is 9.79. The third-order valence-electron chi connectivity index (χ3n) is 2.69. The van der Waals surface area contributed by atoms with Crippen LogP contribution >= 0.6 is 15.9 Å². The van der Waals surface area contributed by atoms with Gasteiger partial charge in [-0.3, -0.25) is 4.79 Å². The van der Waals surface area contributed by atoms with Crippen molar-refractivity contribution in [3.63, 3.8) is 0 Å². The summed E-state index contributed by atoms with van der Waals surface area (Å²) in [5.41, 5.74) is -0.722. The van der Waals surface area contributed by atoms with E-state index in [0.717, 1.165) is 0 Å². The molecule has 0 saturated carbocycles. The van der Waals surface area contributed by atoms with E-state index in [-0.39, 0.29) is 0 Å². The minimum Gasteiger partial charge on any atom is -0.458 e. The highest BCUT2D eigenvalue weighted by molar-refractivity contribution is 9.10. The molecule has 0 fully saturated rings. The number of hydrogen-bond donors (Lipinski definition) is 0. The number of halogens is 3. The van der Waals surface area contributed by atoms with Crippen molar-refractivity contribution in [2.45, 2.75) is 37.9 Å². The van der Waals surface area contributed by atoms with Crippen molar-refractivity contribution in [2.75, 3.05) is 6.61 Å². The van der Waals surface area contributed by atoms with E-state index in [0.29, 0.717) is 19.3 Å². The van der Waals surface area contributed by atoms with Gasteiger partial charge in [-0.25, -0.2) is 0 Å². The number of carbonyl (C=O) groups is 1. The number of alkyl halides is 3. The van der Waals surface area contributed by atoms with Crippen molar-refractivity contribution in [1.29, 1.82) is 0 Å². The molecule has 0 atom stereocenters. The molecule has 0 aromatic heterocycles. The number of ether oxygens (including phenoxy) is 1. The molecule has 0 unspecified atom stereocenters. The Labute approximate surface area is 103 Å². The quantitative estimate of drug-likeness (QED) is 0.405. The SMILES string of the molecule is C=CCC(CC)(CC)C(=O)OCC(F)(F)Br. The van der Waals surface area contributed by atoms with Crippen molar-refractivity contribution >= 4 is 21.9 Å². The third-order valence-corrected chi connectivity index (χ3v) is 2.92. The molecule has 0 aliphatic rings. The molecule has 0 N–H and O–H groups in total. The monoisotopic (exact) mass is 298 g/mol. The van der Waals surface area contributed by atoms with Crippen molar-refractivity contribution in [2.24, 2.45) is 5.41 Å². The summed E-state index contributed by atoms with van der Waals surface area (Å²) in [5, 5.41) is 0. The summed E-state index contributed by atoms with van der Waals surface area (Å²) >= 11 is 2.13. The van der Waals surface area contributed by atoms with Gasteiger partial charge in [0.1, 0.15) is 0 Å². The lowest BCUT2D eigenvalue weighted by Crippen LogP contribution is -2.33. The number of esters is 1. The van der Waals surface area contributed by atoms with Crippen LogP contribution in [0.3, 0.4) is 0 Å². The van der Waals surface area contributed by atoms with Crippen molar-refractivity contribution in [1.82, 2.24) is 0 Å². The van der Waals surface area contributed by atoms with Gasteiger partial charge in [0.05, 0.1) is 5.41 Å². The van der Waals surface area contributed by atoms with E-state index in [4.69, 9.17) is 0 Å². The maximum Gasteiger partial charge on any atom is 0.334 e. The number of hydrogen-bond acceptors (Lipinski definition) is 2. The van der Waals surface area contributed by atoms with E-state index in [1.165, 1.54) is 0 Å². The second-order valence-electron chi connectivity index (χ2n) is 3.67. The van der Waals surface area contributed by atoms with Crippen molar-refractivity contribution in [3.05, 3.63) is 12.7 Å². The normalized spacial score (nSPS) is 12.3. The van der Waals surface area contributed by atoms with Crippen LogP contribution < -0.4 is 0 Å². The first kappa shape index (κ1) is 15.6. The minimum absolute atomic E-state index is 0.437. The standard InChI is InChI=1S/C11H17BrF2O2/c1-4-7-10(5-2,6-3)9(15)16-8-11(12,13)14/h4H,1,5-8H2,2-3H3. The van der Waals surface area contributed by atoms with Gasteiger partial charge in [0.2, 0.25) is 0 Å². The average molecular weight is 299 g/mol. The molecule has 0 aliphatic carbocycles. The average Bonchev–Trinajstić information content (AvgIpc) is 2.21. The molecule has 0 amide bonds. The van der Waals surface area contributed by atoms with Gasteiger partial charge < -0.3 is 4.74 Å². The second-order valence-corrected chi connectivity index (χ2v) is 4.83. The topological polar surface area (TPSA) is 26.3 Å². The van der Waals surface area contributed by atoms with Gasteiger partial charge >= 0.3 is 10.8 Å². The third kappa shape index (κ3) is 4.60. The fourth-order valence-corrected chi connectivity index (χ4v) is 1.60. The van der Waals surface area contributed by atoms with Crippen LogP contribution in [-0.4, -0.2) is 17.4 Å². The van der Waals surface area contributed by atoms with Crippen LogP contribution in [0.4, 0.5) is 8.78 Å². The molecule has 0 spiro atoms. The van der Waals surface area contributed by atoms with Crippen LogP contribution in [0.25, 0.3) is 0 Å². The van der Waals surface area contributed by atoms with Crippen LogP contribution in [0.5, 0.6) is 0 Å². The lowest BCUT2D eigenvalue weighted by Gasteiger charge is -2.28. The highest BCUT2D eigenvalue weighted by atomic mass is 79.9. The zero-order valence-electron chi connectivity index (χ0n) is 9.56. The van der Waals surface area contributed by atoms with Gasteiger partial charge in [0.25, 0.3) is 0 Å². The van der Waals surface area contributed by atoms with E-state index in [2.05, 4.69) is 27.2 Å². The molecule has 0 aromatic rings. The first-order valence-corrected chi connectivity index (χ1v) is 5.95. The Morgan fingerprint density at radius 3 is 2.25 bits per heavy atom.